The molecule has 2 rings (SSSR count). The Kier molecular flexibility index (Phi) is 5.42. The SMILES string of the molecule is Cc1nc(CSCC(=O)NC(CC(=O)O)C2CC2)cs1. The Hall–Kier alpha value is -1.08. The molecular weight excluding hydrogens is 296 g/mol. The molecule has 1 aromatic heterocycles. The second-order valence-corrected chi connectivity index (χ2v) is 7.01. The molecule has 7 heteroatoms. The summed E-state index contributed by atoms with van der Waals surface area (Å²) in [4.78, 5) is 26.9. The van der Waals surface area contributed by atoms with Crippen molar-refractivity contribution in [3.8, 4) is 0 Å². The highest BCUT2D eigenvalue weighted by Gasteiger charge is 2.33. The number of carboxylic acids is 1. The smallest absolute Gasteiger partial charge is 0.305 e. The number of carbonyl (C=O) groups is 2. The lowest BCUT2D eigenvalue weighted by Gasteiger charge is -2.15. The highest BCUT2D eigenvalue weighted by Crippen LogP contribution is 2.34. The molecule has 1 aromatic rings. The first-order valence-corrected chi connectivity index (χ1v) is 8.58. The summed E-state index contributed by atoms with van der Waals surface area (Å²) in [5, 5.41) is 14.7. The first kappa shape index (κ1) is 15.3. The number of nitrogens with zero attached hydrogens (tertiary/aromatic N) is 1. The van der Waals surface area contributed by atoms with Crippen molar-refractivity contribution in [2.75, 3.05) is 5.75 Å². The molecular formula is C13H18N2O3S2. The minimum absolute atomic E-state index is 0.0202. The molecule has 1 heterocycles. The molecule has 1 unspecified atom stereocenters. The molecule has 0 radical (unpaired) electrons. The fraction of sp³-hybridized carbons (Fsp3) is 0.615. The number of hydrogen-bond donors (Lipinski definition) is 2. The number of aliphatic carboxylic acids is 1. The van der Waals surface area contributed by atoms with E-state index in [-0.39, 0.29) is 18.4 Å². The van der Waals surface area contributed by atoms with Crippen LogP contribution >= 0.6 is 23.1 Å². The van der Waals surface area contributed by atoms with E-state index in [0.29, 0.717) is 17.4 Å². The predicted octanol–water partition coefficient (Wildman–Crippen LogP) is 2.05. The van der Waals surface area contributed by atoms with Gasteiger partial charge < -0.3 is 10.4 Å². The number of thiazole rings is 1. The quantitative estimate of drug-likeness (QED) is 0.768. The fourth-order valence-electron chi connectivity index (χ4n) is 1.99. The van der Waals surface area contributed by atoms with Crippen LogP contribution in [0.5, 0.6) is 0 Å². The van der Waals surface area contributed by atoms with Crippen molar-refractivity contribution in [2.45, 2.75) is 38.0 Å². The second kappa shape index (κ2) is 7.08. The van der Waals surface area contributed by atoms with E-state index in [2.05, 4.69) is 10.3 Å². The van der Waals surface area contributed by atoms with Crippen LogP contribution in [0.25, 0.3) is 0 Å². The van der Waals surface area contributed by atoms with Crippen molar-refractivity contribution in [3.05, 3.63) is 16.1 Å². The van der Waals surface area contributed by atoms with Crippen molar-refractivity contribution < 1.29 is 14.7 Å². The maximum atomic E-state index is 11.8. The topological polar surface area (TPSA) is 79.3 Å². The van der Waals surface area contributed by atoms with Gasteiger partial charge in [0.2, 0.25) is 5.91 Å². The highest BCUT2D eigenvalue weighted by atomic mass is 32.2. The Bertz CT molecular complexity index is 486. The van der Waals surface area contributed by atoms with Crippen molar-refractivity contribution >= 4 is 35.0 Å². The van der Waals surface area contributed by atoms with E-state index >= 15 is 0 Å². The lowest BCUT2D eigenvalue weighted by Crippen LogP contribution is -2.39. The summed E-state index contributed by atoms with van der Waals surface area (Å²) in [5.41, 5.74) is 0.995. The summed E-state index contributed by atoms with van der Waals surface area (Å²) in [7, 11) is 0. The molecule has 2 N–H and O–H groups in total. The van der Waals surface area contributed by atoms with E-state index in [4.69, 9.17) is 5.11 Å². The maximum Gasteiger partial charge on any atom is 0.305 e. The summed E-state index contributed by atoms with van der Waals surface area (Å²) in [5.74, 6) is 0.471. The zero-order chi connectivity index (χ0) is 14.5. The number of aryl methyl sites for hydroxylation is 1. The molecule has 0 spiro atoms. The van der Waals surface area contributed by atoms with Crippen LogP contribution in [0.15, 0.2) is 5.38 Å². The summed E-state index contributed by atoms with van der Waals surface area (Å²) >= 11 is 3.11. The van der Waals surface area contributed by atoms with Gasteiger partial charge in [0, 0.05) is 17.2 Å². The zero-order valence-corrected chi connectivity index (χ0v) is 12.9. The van der Waals surface area contributed by atoms with Gasteiger partial charge in [-0.15, -0.1) is 23.1 Å². The Labute approximate surface area is 126 Å². The molecule has 0 aromatic carbocycles. The molecule has 110 valence electrons. The molecule has 1 amide bonds. The average molecular weight is 314 g/mol. The third-order valence-corrected chi connectivity index (χ3v) is 4.87. The molecule has 0 bridgehead atoms. The van der Waals surface area contributed by atoms with E-state index in [0.717, 1.165) is 23.5 Å². The van der Waals surface area contributed by atoms with Crippen LogP contribution in [-0.2, 0) is 15.3 Å². The normalized spacial score (nSPS) is 15.8. The molecule has 0 aliphatic heterocycles. The molecule has 1 fully saturated rings. The molecule has 0 saturated heterocycles. The first-order chi connectivity index (χ1) is 9.54. The number of nitrogens with one attached hydrogen (secondary N) is 1. The number of aromatic nitrogens is 1. The van der Waals surface area contributed by atoms with Crippen molar-refractivity contribution in [3.63, 3.8) is 0 Å². The van der Waals surface area contributed by atoms with Gasteiger partial charge in [-0.25, -0.2) is 4.98 Å². The number of amides is 1. The summed E-state index contributed by atoms with van der Waals surface area (Å²) < 4.78 is 0. The molecule has 1 aliphatic rings. The summed E-state index contributed by atoms with van der Waals surface area (Å²) in [6.07, 6.45) is 2.05. The summed E-state index contributed by atoms with van der Waals surface area (Å²) in [6.45, 7) is 1.96. The van der Waals surface area contributed by atoms with Crippen LogP contribution in [0.3, 0.4) is 0 Å². The Morgan fingerprint density at radius 2 is 2.35 bits per heavy atom. The van der Waals surface area contributed by atoms with Gasteiger partial charge >= 0.3 is 5.97 Å². The van der Waals surface area contributed by atoms with Gasteiger partial charge in [0.25, 0.3) is 0 Å². The van der Waals surface area contributed by atoms with Gasteiger partial charge in [0.15, 0.2) is 0 Å². The van der Waals surface area contributed by atoms with E-state index in [1.807, 2.05) is 12.3 Å². The van der Waals surface area contributed by atoms with Crippen LogP contribution in [-0.4, -0.2) is 33.8 Å². The fourth-order valence-corrected chi connectivity index (χ4v) is 3.44. The number of thioether (sulfide) groups is 1. The first-order valence-electron chi connectivity index (χ1n) is 6.54. The standard InChI is InChI=1S/C13H18N2O3S2/c1-8-14-10(6-20-8)5-19-7-12(16)15-11(4-13(17)18)9-2-3-9/h6,9,11H,2-5,7H2,1H3,(H,15,16)(H,17,18). The number of carbonyl (C=O) groups excluding carboxylic acids is 1. The van der Waals surface area contributed by atoms with Gasteiger partial charge in [-0.2, -0.15) is 0 Å². The van der Waals surface area contributed by atoms with E-state index < -0.39 is 5.97 Å². The van der Waals surface area contributed by atoms with E-state index in [9.17, 15) is 9.59 Å². The minimum Gasteiger partial charge on any atom is -0.481 e. The summed E-state index contributed by atoms with van der Waals surface area (Å²) in [6, 6.07) is -0.206. The van der Waals surface area contributed by atoms with Crippen molar-refractivity contribution in [1.82, 2.24) is 10.3 Å². The van der Waals surface area contributed by atoms with Crippen LogP contribution in [0.1, 0.15) is 30.0 Å². The average Bonchev–Trinajstić information content (AvgIpc) is 3.12. The third kappa shape index (κ3) is 5.13. The number of hydrogen-bond acceptors (Lipinski definition) is 5. The minimum atomic E-state index is -0.854. The van der Waals surface area contributed by atoms with Gasteiger partial charge in [-0.3, -0.25) is 9.59 Å². The largest absolute Gasteiger partial charge is 0.481 e. The van der Waals surface area contributed by atoms with Crippen LogP contribution in [0.4, 0.5) is 0 Å². The van der Waals surface area contributed by atoms with Crippen LogP contribution in [0.2, 0.25) is 0 Å². The van der Waals surface area contributed by atoms with Crippen molar-refractivity contribution in [1.29, 1.82) is 0 Å². The Morgan fingerprint density at radius 3 is 2.90 bits per heavy atom. The van der Waals surface area contributed by atoms with Crippen LogP contribution in [0, 0.1) is 12.8 Å². The third-order valence-electron chi connectivity index (χ3n) is 3.08. The van der Waals surface area contributed by atoms with Crippen LogP contribution < -0.4 is 5.32 Å². The maximum absolute atomic E-state index is 11.8. The monoisotopic (exact) mass is 314 g/mol. The lowest BCUT2D eigenvalue weighted by atomic mass is 10.1. The van der Waals surface area contributed by atoms with Gasteiger partial charge in [0.1, 0.15) is 0 Å². The van der Waals surface area contributed by atoms with Gasteiger partial charge in [0.05, 0.1) is 22.9 Å². The number of rotatable bonds is 8. The van der Waals surface area contributed by atoms with Crippen molar-refractivity contribution in [2.24, 2.45) is 5.92 Å². The molecule has 1 atom stereocenters. The van der Waals surface area contributed by atoms with Gasteiger partial charge in [-0.1, -0.05) is 0 Å². The number of carboxylic acid groups (broad SMARTS) is 1. The molecule has 1 aliphatic carbocycles. The highest BCUT2D eigenvalue weighted by molar-refractivity contribution is 7.99. The van der Waals surface area contributed by atoms with E-state index in [1.54, 1.807) is 11.3 Å². The molecule has 20 heavy (non-hydrogen) atoms. The Balaban J connectivity index is 1.69. The predicted molar refractivity (Wildman–Crippen MR) is 79.9 cm³/mol. The van der Waals surface area contributed by atoms with E-state index in [1.165, 1.54) is 11.8 Å². The Morgan fingerprint density at radius 1 is 1.60 bits per heavy atom. The van der Waals surface area contributed by atoms with Gasteiger partial charge in [-0.05, 0) is 25.7 Å². The molecule has 5 nitrogen and oxygen atoms in total. The molecule has 1 saturated carbocycles. The second-order valence-electron chi connectivity index (χ2n) is 4.96. The zero-order valence-electron chi connectivity index (χ0n) is 11.3. The lowest BCUT2D eigenvalue weighted by molar-refractivity contribution is -0.137.